The van der Waals surface area contributed by atoms with Gasteiger partial charge in [-0.25, -0.2) is 4.79 Å². The molecule has 2 aliphatic rings. The summed E-state index contributed by atoms with van der Waals surface area (Å²) in [5.41, 5.74) is 0.934. The highest BCUT2D eigenvalue weighted by atomic mass is 32.2. The van der Waals surface area contributed by atoms with Crippen LogP contribution in [0.4, 0.5) is 0 Å². The van der Waals surface area contributed by atoms with Crippen molar-refractivity contribution in [2.75, 3.05) is 0 Å². The molecule has 2 heterocycles. The predicted octanol–water partition coefficient (Wildman–Crippen LogP) is 1.95. The van der Waals surface area contributed by atoms with Crippen LogP contribution in [0.25, 0.3) is 0 Å². The Morgan fingerprint density at radius 1 is 1.26 bits per heavy atom. The van der Waals surface area contributed by atoms with Crippen LogP contribution in [0.2, 0.25) is 0 Å². The van der Waals surface area contributed by atoms with Gasteiger partial charge in [-0.2, -0.15) is 0 Å². The van der Waals surface area contributed by atoms with Gasteiger partial charge in [-0.15, -0.1) is 11.8 Å². The van der Waals surface area contributed by atoms with Gasteiger partial charge in [0.2, 0.25) is 5.91 Å². The molecule has 0 bridgehead atoms. The van der Waals surface area contributed by atoms with Crippen LogP contribution in [0.15, 0.2) is 30.3 Å². The van der Waals surface area contributed by atoms with Crippen LogP contribution in [-0.4, -0.2) is 43.8 Å². The van der Waals surface area contributed by atoms with Crippen molar-refractivity contribution in [3.8, 4) is 0 Å². The molecule has 1 N–H and O–H groups in total. The van der Waals surface area contributed by atoms with Crippen molar-refractivity contribution in [2.24, 2.45) is 5.92 Å². The van der Waals surface area contributed by atoms with Crippen molar-refractivity contribution in [1.82, 2.24) is 4.90 Å². The van der Waals surface area contributed by atoms with Crippen molar-refractivity contribution in [2.45, 2.75) is 42.9 Å². The third-order valence-electron chi connectivity index (χ3n) is 4.48. The van der Waals surface area contributed by atoms with E-state index in [4.69, 9.17) is 0 Å². The summed E-state index contributed by atoms with van der Waals surface area (Å²) in [6.45, 7) is 3.68. The Labute approximate surface area is 139 Å². The Balaban J connectivity index is 1.66. The predicted molar refractivity (Wildman–Crippen MR) is 87.0 cm³/mol. The minimum absolute atomic E-state index is 0.0198. The lowest BCUT2D eigenvalue weighted by Crippen LogP contribution is -2.62. The number of thioether (sulfide) groups is 1. The zero-order valence-electron chi connectivity index (χ0n) is 13.1. The number of ketones is 1. The molecular weight excluding hydrogens is 314 g/mol. The largest absolute Gasteiger partial charge is 0.480 e. The molecule has 2 aliphatic heterocycles. The number of rotatable bonds is 5. The molecule has 3 rings (SSSR count). The molecule has 23 heavy (non-hydrogen) atoms. The summed E-state index contributed by atoms with van der Waals surface area (Å²) in [7, 11) is 0. The van der Waals surface area contributed by atoms with Crippen molar-refractivity contribution < 1.29 is 19.5 Å². The number of benzene rings is 1. The van der Waals surface area contributed by atoms with Gasteiger partial charge in [-0.1, -0.05) is 30.3 Å². The van der Waals surface area contributed by atoms with Gasteiger partial charge in [0.05, 0.1) is 11.3 Å². The molecule has 1 aromatic carbocycles. The standard InChI is InChI=1S/C17H19NO4S/c1-17(2)13(16(21)22)18-14(20)12(15(18)23-17)9-11(19)8-10-6-4-3-5-7-10/h3-7,12-13,15H,8-9H2,1-2H3,(H,21,22)/t12-,13+,15-/m1/s1. The summed E-state index contributed by atoms with van der Waals surface area (Å²) in [5.74, 6) is -1.56. The van der Waals surface area contributed by atoms with Gasteiger partial charge in [0.25, 0.3) is 0 Å². The van der Waals surface area contributed by atoms with E-state index in [1.165, 1.54) is 16.7 Å². The van der Waals surface area contributed by atoms with Gasteiger partial charge >= 0.3 is 5.97 Å². The molecule has 6 heteroatoms. The Hall–Kier alpha value is -1.82. The molecule has 5 nitrogen and oxygen atoms in total. The summed E-state index contributed by atoms with van der Waals surface area (Å²) in [6, 6.07) is 8.62. The number of amides is 1. The highest BCUT2D eigenvalue weighted by molar-refractivity contribution is 8.01. The topological polar surface area (TPSA) is 74.7 Å². The fourth-order valence-corrected chi connectivity index (χ4v) is 5.10. The van der Waals surface area contributed by atoms with E-state index in [9.17, 15) is 19.5 Å². The third kappa shape index (κ3) is 2.76. The van der Waals surface area contributed by atoms with E-state index in [0.717, 1.165) is 5.56 Å². The van der Waals surface area contributed by atoms with E-state index in [2.05, 4.69) is 0 Å². The molecule has 0 aromatic heterocycles. The Morgan fingerprint density at radius 2 is 1.91 bits per heavy atom. The lowest BCUT2D eigenvalue weighted by atomic mass is 9.87. The van der Waals surface area contributed by atoms with Crippen LogP contribution in [0.3, 0.4) is 0 Å². The molecule has 3 atom stereocenters. The van der Waals surface area contributed by atoms with Crippen LogP contribution in [0, 0.1) is 5.92 Å². The maximum absolute atomic E-state index is 12.3. The number of carbonyl (C=O) groups excluding carboxylic acids is 2. The van der Waals surface area contributed by atoms with Gasteiger partial charge < -0.3 is 10.0 Å². The fraction of sp³-hybridized carbons (Fsp3) is 0.471. The summed E-state index contributed by atoms with van der Waals surface area (Å²) >= 11 is 1.49. The molecule has 122 valence electrons. The Kier molecular flexibility index (Phi) is 3.96. The SMILES string of the molecule is CC1(C)S[C@@H]2[C@H](CC(=O)Cc3ccccc3)C(=O)N2[C@H]1C(=O)O. The summed E-state index contributed by atoms with van der Waals surface area (Å²) in [5, 5.41) is 9.18. The van der Waals surface area contributed by atoms with Gasteiger partial charge in [0, 0.05) is 17.6 Å². The molecule has 0 saturated carbocycles. The maximum atomic E-state index is 12.3. The average Bonchev–Trinajstić information content (AvgIpc) is 2.74. The first kappa shape index (κ1) is 16.1. The molecule has 0 spiro atoms. The Bertz CT molecular complexity index is 658. The fourth-order valence-electron chi connectivity index (χ4n) is 3.42. The second-order valence-electron chi connectivity index (χ2n) is 6.61. The molecule has 1 amide bonds. The lowest BCUT2D eigenvalue weighted by molar-refractivity contribution is -0.164. The highest BCUT2D eigenvalue weighted by Gasteiger charge is 2.63. The van der Waals surface area contributed by atoms with Crippen molar-refractivity contribution in [3.05, 3.63) is 35.9 Å². The Morgan fingerprint density at radius 3 is 2.52 bits per heavy atom. The van der Waals surface area contributed by atoms with Gasteiger partial charge in [0.1, 0.15) is 11.8 Å². The maximum Gasteiger partial charge on any atom is 0.327 e. The van der Waals surface area contributed by atoms with E-state index < -0.39 is 16.8 Å². The molecule has 0 aliphatic carbocycles. The smallest absolute Gasteiger partial charge is 0.327 e. The first-order valence-corrected chi connectivity index (χ1v) is 8.47. The van der Waals surface area contributed by atoms with E-state index in [1.807, 2.05) is 44.2 Å². The zero-order chi connectivity index (χ0) is 16.8. The molecule has 2 fully saturated rings. The van der Waals surface area contributed by atoms with Crippen molar-refractivity contribution >= 4 is 29.4 Å². The van der Waals surface area contributed by atoms with Crippen molar-refractivity contribution in [3.63, 3.8) is 0 Å². The first-order valence-electron chi connectivity index (χ1n) is 7.59. The number of carbonyl (C=O) groups is 3. The zero-order valence-corrected chi connectivity index (χ0v) is 13.9. The molecular formula is C17H19NO4S. The number of hydrogen-bond acceptors (Lipinski definition) is 4. The third-order valence-corrected chi connectivity index (χ3v) is 6.10. The molecule has 0 unspecified atom stereocenters. The number of carboxylic acids is 1. The minimum Gasteiger partial charge on any atom is -0.480 e. The summed E-state index contributed by atoms with van der Waals surface area (Å²) < 4.78 is -0.538. The molecule has 2 saturated heterocycles. The van der Waals surface area contributed by atoms with E-state index in [0.29, 0.717) is 6.42 Å². The van der Waals surface area contributed by atoms with Crippen LogP contribution >= 0.6 is 11.8 Å². The number of hydrogen-bond donors (Lipinski definition) is 1. The first-order chi connectivity index (χ1) is 10.8. The summed E-state index contributed by atoms with van der Waals surface area (Å²) in [6.07, 6.45) is 0.498. The number of β-lactam (4-membered cyclic amide) rings is 1. The number of Topliss-reactive ketones (excluding diaryl/α,β-unsaturated/α-hetero) is 1. The highest BCUT2D eigenvalue weighted by Crippen LogP contribution is 2.54. The quantitative estimate of drug-likeness (QED) is 0.834. The number of carboxylic acid groups (broad SMARTS) is 1. The number of fused-ring (bicyclic) bond motifs is 1. The van der Waals surface area contributed by atoms with E-state index in [1.54, 1.807) is 0 Å². The van der Waals surface area contributed by atoms with Gasteiger partial charge in [-0.05, 0) is 19.4 Å². The van der Waals surface area contributed by atoms with E-state index >= 15 is 0 Å². The summed E-state index contributed by atoms with van der Waals surface area (Å²) in [4.78, 5) is 37.4. The van der Waals surface area contributed by atoms with Crippen LogP contribution < -0.4 is 0 Å². The molecule has 1 aromatic rings. The number of nitrogens with zero attached hydrogens (tertiary/aromatic N) is 1. The van der Waals surface area contributed by atoms with Crippen LogP contribution in [-0.2, 0) is 20.8 Å². The van der Waals surface area contributed by atoms with Crippen LogP contribution in [0.5, 0.6) is 0 Å². The molecule has 0 radical (unpaired) electrons. The normalized spacial score (nSPS) is 28.2. The van der Waals surface area contributed by atoms with E-state index in [-0.39, 0.29) is 29.4 Å². The number of aliphatic carboxylic acids is 1. The van der Waals surface area contributed by atoms with Gasteiger partial charge in [-0.3, -0.25) is 9.59 Å². The van der Waals surface area contributed by atoms with Crippen LogP contribution in [0.1, 0.15) is 25.8 Å². The second-order valence-corrected chi connectivity index (χ2v) is 8.38. The second kappa shape index (κ2) is 5.67. The lowest BCUT2D eigenvalue weighted by Gasteiger charge is -2.43. The monoisotopic (exact) mass is 333 g/mol. The van der Waals surface area contributed by atoms with Gasteiger partial charge in [0.15, 0.2) is 0 Å². The minimum atomic E-state index is -0.979. The van der Waals surface area contributed by atoms with Crippen molar-refractivity contribution in [1.29, 1.82) is 0 Å². The average molecular weight is 333 g/mol.